The van der Waals surface area contributed by atoms with E-state index < -0.39 is 7.32 Å². The van der Waals surface area contributed by atoms with Gasteiger partial charge < -0.3 is 14.7 Å². The average molecular weight is 223 g/mol. The minimum absolute atomic E-state index is 0.468. The van der Waals surface area contributed by atoms with E-state index in [1.807, 2.05) is 0 Å². The fourth-order valence-corrected chi connectivity index (χ4v) is 1.79. The summed E-state index contributed by atoms with van der Waals surface area (Å²) >= 11 is 4.45. The Bertz CT molecular complexity index is 214. The van der Waals surface area contributed by atoms with E-state index in [2.05, 4.69) is 20.6 Å². The van der Waals surface area contributed by atoms with Crippen LogP contribution in [0.5, 0.6) is 5.06 Å². The van der Waals surface area contributed by atoms with Crippen LogP contribution in [-0.4, -0.2) is 17.4 Å². The lowest BCUT2D eigenvalue weighted by molar-refractivity contribution is 0.291. The van der Waals surface area contributed by atoms with Gasteiger partial charge in [-0.25, -0.2) is 0 Å². The first-order valence-electron chi connectivity index (χ1n) is 2.46. The van der Waals surface area contributed by atoms with Crippen molar-refractivity contribution in [2.24, 2.45) is 0 Å². The lowest BCUT2D eigenvalue weighted by Gasteiger charge is -1.99. The molecule has 0 bridgehead atoms. The Kier molecular flexibility index (Phi) is 2.73. The molecule has 0 atom stereocenters. The average Bonchev–Trinajstić information content (AvgIpc) is 2.15. The molecule has 0 spiro atoms. The third-order valence-electron chi connectivity index (χ3n) is 0.797. The van der Waals surface area contributed by atoms with Crippen molar-refractivity contribution in [2.75, 3.05) is 0 Å². The number of hydrogen-bond acceptors (Lipinski definition) is 4. The summed E-state index contributed by atoms with van der Waals surface area (Å²) in [6.07, 6.45) is 0. The number of hydrogen-bond donors (Lipinski definition) is 2. The minimum atomic E-state index is -1.74. The van der Waals surface area contributed by atoms with Gasteiger partial charge in [-0.15, -0.1) is 11.3 Å². The van der Waals surface area contributed by atoms with E-state index in [1.165, 1.54) is 11.3 Å². The van der Waals surface area contributed by atoms with Crippen molar-refractivity contribution in [3.8, 4) is 5.06 Å². The van der Waals surface area contributed by atoms with Crippen molar-refractivity contribution in [1.29, 1.82) is 0 Å². The molecule has 1 aromatic heterocycles. The predicted molar refractivity (Wildman–Crippen MR) is 42.8 cm³/mol. The second-order valence-corrected chi connectivity index (χ2v) is 3.23. The zero-order valence-corrected chi connectivity index (χ0v) is 7.22. The topological polar surface area (TPSA) is 49.7 Å². The van der Waals surface area contributed by atoms with Crippen LogP contribution in [0.2, 0.25) is 0 Å². The normalized spacial score (nSPS) is 9.50. The molecule has 10 heavy (non-hydrogen) atoms. The highest BCUT2D eigenvalue weighted by Crippen LogP contribution is 2.30. The molecule has 1 aromatic rings. The van der Waals surface area contributed by atoms with E-state index in [0.717, 1.165) is 4.47 Å². The number of rotatable bonds is 2. The van der Waals surface area contributed by atoms with Crippen LogP contribution in [0.4, 0.5) is 0 Å². The molecular weight excluding hydrogens is 219 g/mol. The first kappa shape index (κ1) is 8.07. The van der Waals surface area contributed by atoms with Gasteiger partial charge in [0.25, 0.3) is 0 Å². The summed E-state index contributed by atoms with van der Waals surface area (Å²) in [6, 6.07) is 1.77. The SMILES string of the molecule is OB(O)Oc1sccc1Br. The second-order valence-electron chi connectivity index (χ2n) is 1.50. The number of halogens is 1. The van der Waals surface area contributed by atoms with Crippen LogP contribution in [0.25, 0.3) is 0 Å². The smallest absolute Gasteiger partial charge is 0.503 e. The summed E-state index contributed by atoms with van der Waals surface area (Å²) in [5.41, 5.74) is 0. The van der Waals surface area contributed by atoms with Crippen LogP contribution in [0.15, 0.2) is 15.9 Å². The molecular formula is C4H4BBrO3S. The zero-order chi connectivity index (χ0) is 7.56. The first-order chi connectivity index (χ1) is 4.70. The van der Waals surface area contributed by atoms with Gasteiger partial charge in [-0.1, -0.05) is 0 Å². The molecule has 0 fully saturated rings. The molecule has 1 heterocycles. The quantitative estimate of drug-likeness (QED) is 0.730. The van der Waals surface area contributed by atoms with Crippen LogP contribution >= 0.6 is 27.3 Å². The summed E-state index contributed by atoms with van der Waals surface area (Å²) < 4.78 is 5.30. The first-order valence-corrected chi connectivity index (χ1v) is 4.13. The third kappa shape index (κ3) is 1.98. The van der Waals surface area contributed by atoms with E-state index in [0.29, 0.717) is 5.06 Å². The highest BCUT2D eigenvalue weighted by Gasteiger charge is 2.13. The molecule has 6 heteroatoms. The molecule has 0 amide bonds. The van der Waals surface area contributed by atoms with Crippen molar-refractivity contribution in [2.45, 2.75) is 0 Å². The Morgan fingerprint density at radius 3 is 2.70 bits per heavy atom. The number of thiophene rings is 1. The zero-order valence-electron chi connectivity index (χ0n) is 4.82. The molecule has 0 aliphatic carbocycles. The van der Waals surface area contributed by atoms with E-state index in [9.17, 15) is 0 Å². The summed E-state index contributed by atoms with van der Waals surface area (Å²) in [5.74, 6) is 0. The summed E-state index contributed by atoms with van der Waals surface area (Å²) in [4.78, 5) is 0. The van der Waals surface area contributed by atoms with E-state index in [1.54, 1.807) is 11.4 Å². The molecule has 0 radical (unpaired) electrons. The maximum atomic E-state index is 8.37. The van der Waals surface area contributed by atoms with Crippen LogP contribution in [0.1, 0.15) is 0 Å². The fraction of sp³-hybridized carbons (Fsp3) is 0. The Hall–Kier alpha value is -0.0351. The van der Waals surface area contributed by atoms with Crippen molar-refractivity contribution < 1.29 is 14.7 Å². The highest BCUT2D eigenvalue weighted by molar-refractivity contribution is 9.10. The summed E-state index contributed by atoms with van der Waals surface area (Å²) in [7, 11) is -1.74. The van der Waals surface area contributed by atoms with E-state index in [-0.39, 0.29) is 0 Å². The molecule has 0 aromatic carbocycles. The Morgan fingerprint density at radius 2 is 2.30 bits per heavy atom. The molecule has 54 valence electrons. The predicted octanol–water partition coefficient (Wildman–Crippen LogP) is 0.859. The fourth-order valence-electron chi connectivity index (χ4n) is 0.460. The van der Waals surface area contributed by atoms with Crippen molar-refractivity contribution >= 4 is 34.6 Å². The van der Waals surface area contributed by atoms with E-state index >= 15 is 0 Å². The third-order valence-corrected chi connectivity index (χ3v) is 2.49. The largest absolute Gasteiger partial charge is 0.708 e. The van der Waals surface area contributed by atoms with Gasteiger partial charge in [0.15, 0.2) is 5.06 Å². The van der Waals surface area contributed by atoms with Crippen molar-refractivity contribution in [3.63, 3.8) is 0 Å². The molecule has 1 rings (SSSR count). The van der Waals surface area contributed by atoms with Crippen molar-refractivity contribution in [3.05, 3.63) is 15.9 Å². The van der Waals surface area contributed by atoms with E-state index in [4.69, 9.17) is 10.0 Å². The van der Waals surface area contributed by atoms with Gasteiger partial charge in [0.05, 0.1) is 4.47 Å². The maximum absolute atomic E-state index is 8.37. The van der Waals surface area contributed by atoms with Crippen LogP contribution in [0, 0.1) is 0 Å². The van der Waals surface area contributed by atoms with Crippen LogP contribution in [-0.2, 0) is 0 Å². The van der Waals surface area contributed by atoms with Gasteiger partial charge in [0, 0.05) is 0 Å². The van der Waals surface area contributed by atoms with Gasteiger partial charge in [0.1, 0.15) is 0 Å². The Labute approximate surface area is 70.6 Å². The second kappa shape index (κ2) is 3.38. The molecule has 2 N–H and O–H groups in total. The lowest BCUT2D eigenvalue weighted by Crippen LogP contribution is -2.19. The molecule has 0 aliphatic rings. The lowest BCUT2D eigenvalue weighted by atomic mass is 10.3. The summed E-state index contributed by atoms with van der Waals surface area (Å²) in [6.45, 7) is 0. The van der Waals surface area contributed by atoms with Crippen molar-refractivity contribution in [1.82, 2.24) is 0 Å². The standard InChI is InChI=1S/C4H4BBrO3S/c6-3-1-2-10-4(3)9-5(7)8/h1-2,7-8H. The van der Waals surface area contributed by atoms with Crippen LogP contribution < -0.4 is 4.65 Å². The van der Waals surface area contributed by atoms with Gasteiger partial charge in [0.2, 0.25) is 0 Å². The monoisotopic (exact) mass is 222 g/mol. The highest BCUT2D eigenvalue weighted by atomic mass is 79.9. The van der Waals surface area contributed by atoms with Gasteiger partial charge in [-0.3, -0.25) is 0 Å². The molecule has 0 saturated carbocycles. The van der Waals surface area contributed by atoms with Gasteiger partial charge >= 0.3 is 7.32 Å². The molecule has 3 nitrogen and oxygen atoms in total. The minimum Gasteiger partial charge on any atom is -0.503 e. The molecule has 0 aliphatic heterocycles. The van der Waals surface area contributed by atoms with Gasteiger partial charge in [-0.2, -0.15) is 0 Å². The molecule has 0 unspecified atom stereocenters. The molecule has 0 saturated heterocycles. The Balaban J connectivity index is 2.65. The Morgan fingerprint density at radius 1 is 1.60 bits per heavy atom. The maximum Gasteiger partial charge on any atom is 0.708 e. The summed E-state index contributed by atoms with van der Waals surface area (Å²) in [5, 5.41) is 19.0. The van der Waals surface area contributed by atoms with Gasteiger partial charge in [-0.05, 0) is 27.4 Å². The van der Waals surface area contributed by atoms with Crippen LogP contribution in [0.3, 0.4) is 0 Å².